The van der Waals surface area contributed by atoms with Gasteiger partial charge in [-0.15, -0.1) is 5.10 Å². The van der Waals surface area contributed by atoms with Gasteiger partial charge in [0.15, 0.2) is 0 Å². The van der Waals surface area contributed by atoms with Crippen LogP contribution in [0.4, 0.5) is 0 Å². The van der Waals surface area contributed by atoms with Gasteiger partial charge in [-0.1, -0.05) is 18.2 Å². The molecule has 5 nitrogen and oxygen atoms in total. The van der Waals surface area contributed by atoms with Crippen molar-refractivity contribution in [2.24, 2.45) is 5.92 Å². The lowest BCUT2D eigenvalue weighted by Crippen LogP contribution is -2.15. The number of hydrogen-bond acceptors (Lipinski definition) is 4. The molecule has 0 aliphatic carbocycles. The van der Waals surface area contributed by atoms with Crippen molar-refractivity contribution in [3.8, 4) is 0 Å². The van der Waals surface area contributed by atoms with Crippen LogP contribution in [0.2, 0.25) is 0 Å². The summed E-state index contributed by atoms with van der Waals surface area (Å²) in [5.74, 6) is -0.428. The van der Waals surface area contributed by atoms with Gasteiger partial charge in [0.05, 0.1) is 24.2 Å². The van der Waals surface area contributed by atoms with Gasteiger partial charge < -0.3 is 4.74 Å². The van der Waals surface area contributed by atoms with Crippen molar-refractivity contribution in [1.82, 2.24) is 14.8 Å². The Morgan fingerprint density at radius 2 is 2.38 bits per heavy atom. The van der Waals surface area contributed by atoms with Crippen LogP contribution in [0, 0.1) is 5.92 Å². The molecule has 0 bridgehead atoms. The summed E-state index contributed by atoms with van der Waals surface area (Å²) in [4.78, 5) is 11.3. The maximum absolute atomic E-state index is 11.3. The molecule has 0 aromatic carbocycles. The van der Waals surface area contributed by atoms with Crippen molar-refractivity contribution in [2.45, 2.75) is 13.3 Å². The van der Waals surface area contributed by atoms with Gasteiger partial charge in [0.1, 0.15) is 0 Å². The average Bonchev–Trinajstić information content (AvgIpc) is 2.72. The van der Waals surface area contributed by atoms with Gasteiger partial charge >= 0.3 is 5.97 Å². The van der Waals surface area contributed by atoms with Crippen LogP contribution in [0.1, 0.15) is 12.6 Å². The number of carbonyl (C=O) groups is 1. The quantitative estimate of drug-likeness (QED) is 0.725. The van der Waals surface area contributed by atoms with Crippen LogP contribution >= 0.6 is 0 Å². The predicted molar refractivity (Wildman–Crippen MR) is 57.9 cm³/mol. The van der Waals surface area contributed by atoms with Crippen LogP contribution in [-0.2, 0) is 16.0 Å². The summed E-state index contributed by atoms with van der Waals surface area (Å²) in [5.41, 5.74) is 1.75. The molecular formula is C11H13N3O2. The first-order valence-electron chi connectivity index (χ1n) is 5.09. The molecule has 2 heterocycles. The van der Waals surface area contributed by atoms with Crippen molar-refractivity contribution < 1.29 is 9.53 Å². The molecule has 0 amide bonds. The first kappa shape index (κ1) is 10.6. The summed E-state index contributed by atoms with van der Waals surface area (Å²) in [6.45, 7) is 1.82. The van der Waals surface area contributed by atoms with Gasteiger partial charge in [0.2, 0.25) is 0 Å². The molecule has 0 saturated heterocycles. The molecule has 2 aromatic rings. The van der Waals surface area contributed by atoms with Crippen LogP contribution in [0.25, 0.3) is 5.52 Å². The summed E-state index contributed by atoms with van der Waals surface area (Å²) < 4.78 is 6.37. The van der Waals surface area contributed by atoms with Gasteiger partial charge in [0.25, 0.3) is 0 Å². The second-order valence-electron chi connectivity index (χ2n) is 3.69. The lowest BCUT2D eigenvalue weighted by atomic mass is 10.1. The van der Waals surface area contributed by atoms with E-state index >= 15 is 0 Å². The monoisotopic (exact) mass is 219 g/mol. The van der Waals surface area contributed by atoms with Crippen molar-refractivity contribution >= 4 is 11.5 Å². The fourth-order valence-corrected chi connectivity index (χ4v) is 1.61. The smallest absolute Gasteiger partial charge is 0.308 e. The van der Waals surface area contributed by atoms with Crippen molar-refractivity contribution in [1.29, 1.82) is 0 Å². The van der Waals surface area contributed by atoms with Gasteiger partial charge in [-0.05, 0) is 12.1 Å². The highest BCUT2D eigenvalue weighted by molar-refractivity contribution is 5.72. The molecule has 0 saturated carbocycles. The van der Waals surface area contributed by atoms with E-state index in [9.17, 15) is 4.79 Å². The molecule has 0 fully saturated rings. The predicted octanol–water partition coefficient (Wildman–Crippen LogP) is 1.08. The SMILES string of the molecule is COC(=O)C(C)Cc1nnn2ccccc12. The van der Waals surface area contributed by atoms with Gasteiger partial charge in [-0.25, -0.2) is 4.52 Å². The Morgan fingerprint density at radius 3 is 3.12 bits per heavy atom. The molecular weight excluding hydrogens is 206 g/mol. The first-order chi connectivity index (χ1) is 7.72. The molecule has 84 valence electrons. The number of pyridine rings is 1. The largest absolute Gasteiger partial charge is 0.469 e. The molecule has 2 aromatic heterocycles. The van der Waals surface area contributed by atoms with Crippen molar-refractivity contribution in [3.05, 3.63) is 30.1 Å². The summed E-state index contributed by atoms with van der Waals surface area (Å²) >= 11 is 0. The molecule has 1 atom stereocenters. The van der Waals surface area contributed by atoms with Gasteiger partial charge in [0, 0.05) is 12.6 Å². The molecule has 0 aliphatic rings. The number of methoxy groups -OCH3 is 1. The summed E-state index contributed by atoms with van der Waals surface area (Å²) in [6, 6.07) is 5.74. The minimum atomic E-state index is -0.225. The number of hydrogen-bond donors (Lipinski definition) is 0. The third kappa shape index (κ3) is 1.88. The molecule has 0 spiro atoms. The molecule has 5 heteroatoms. The first-order valence-corrected chi connectivity index (χ1v) is 5.09. The highest BCUT2D eigenvalue weighted by Gasteiger charge is 2.17. The van der Waals surface area contributed by atoms with E-state index in [1.54, 1.807) is 4.52 Å². The zero-order valence-electron chi connectivity index (χ0n) is 9.25. The van der Waals surface area contributed by atoms with Gasteiger partial charge in [-0.3, -0.25) is 4.79 Å². The van der Waals surface area contributed by atoms with E-state index in [0.717, 1.165) is 11.2 Å². The molecule has 2 rings (SSSR count). The van der Waals surface area contributed by atoms with Crippen LogP contribution < -0.4 is 0 Å². The van der Waals surface area contributed by atoms with Crippen molar-refractivity contribution in [3.63, 3.8) is 0 Å². The number of fused-ring (bicyclic) bond motifs is 1. The van der Waals surface area contributed by atoms with Crippen LogP contribution in [0.3, 0.4) is 0 Å². The van der Waals surface area contributed by atoms with E-state index in [0.29, 0.717) is 6.42 Å². The maximum atomic E-state index is 11.3. The second kappa shape index (κ2) is 4.30. The summed E-state index contributed by atoms with van der Waals surface area (Å²) in [7, 11) is 1.39. The van der Waals surface area contributed by atoms with Crippen LogP contribution in [0.5, 0.6) is 0 Å². The fourth-order valence-electron chi connectivity index (χ4n) is 1.61. The van der Waals surface area contributed by atoms with E-state index in [1.807, 2.05) is 31.3 Å². The van der Waals surface area contributed by atoms with E-state index in [2.05, 4.69) is 15.0 Å². The Balaban J connectivity index is 2.24. The zero-order valence-corrected chi connectivity index (χ0v) is 9.25. The third-order valence-electron chi connectivity index (χ3n) is 2.50. The zero-order chi connectivity index (χ0) is 11.5. The third-order valence-corrected chi connectivity index (χ3v) is 2.50. The number of rotatable bonds is 3. The number of nitrogens with zero attached hydrogens (tertiary/aromatic N) is 3. The normalized spacial score (nSPS) is 12.6. The molecule has 0 radical (unpaired) electrons. The summed E-state index contributed by atoms with van der Waals surface area (Å²) in [5, 5.41) is 8.03. The Morgan fingerprint density at radius 1 is 1.56 bits per heavy atom. The number of ether oxygens (including phenoxy) is 1. The Labute approximate surface area is 93.0 Å². The van der Waals surface area contributed by atoms with Crippen LogP contribution in [0.15, 0.2) is 24.4 Å². The average molecular weight is 219 g/mol. The van der Waals surface area contributed by atoms with E-state index in [1.165, 1.54) is 7.11 Å². The number of esters is 1. The highest BCUT2D eigenvalue weighted by atomic mass is 16.5. The Bertz CT molecular complexity index is 507. The maximum Gasteiger partial charge on any atom is 0.308 e. The summed E-state index contributed by atoms with van der Waals surface area (Å²) in [6.07, 6.45) is 2.37. The lowest BCUT2D eigenvalue weighted by Gasteiger charge is -2.06. The standard InChI is InChI=1S/C11H13N3O2/c1-8(11(15)16-2)7-9-10-5-3-4-6-14(10)13-12-9/h3-6,8H,7H2,1-2H3. The topological polar surface area (TPSA) is 56.5 Å². The van der Waals surface area contributed by atoms with Crippen molar-refractivity contribution in [2.75, 3.05) is 7.11 Å². The Kier molecular flexibility index (Phi) is 2.85. The minimum Gasteiger partial charge on any atom is -0.469 e. The van der Waals surface area contributed by atoms with E-state index in [4.69, 9.17) is 0 Å². The Hall–Kier alpha value is -1.91. The molecule has 0 aliphatic heterocycles. The van der Waals surface area contributed by atoms with Gasteiger partial charge in [-0.2, -0.15) is 0 Å². The van der Waals surface area contributed by atoms with E-state index < -0.39 is 0 Å². The second-order valence-corrected chi connectivity index (χ2v) is 3.69. The lowest BCUT2D eigenvalue weighted by molar-refractivity contribution is -0.144. The highest BCUT2D eigenvalue weighted by Crippen LogP contribution is 2.13. The minimum absolute atomic E-state index is 0.203. The molecule has 1 unspecified atom stereocenters. The number of carbonyl (C=O) groups excluding carboxylic acids is 1. The molecule has 0 N–H and O–H groups in total. The fraction of sp³-hybridized carbons (Fsp3) is 0.364. The van der Waals surface area contributed by atoms with E-state index in [-0.39, 0.29) is 11.9 Å². The number of aromatic nitrogens is 3. The molecule has 16 heavy (non-hydrogen) atoms. The van der Waals surface area contributed by atoms with Crippen LogP contribution in [-0.4, -0.2) is 27.9 Å².